The average Bonchev–Trinajstić information content (AvgIpc) is 3.23. The van der Waals surface area contributed by atoms with Crippen molar-refractivity contribution in [1.82, 2.24) is 4.90 Å². The van der Waals surface area contributed by atoms with Gasteiger partial charge in [0.2, 0.25) is 0 Å². The number of halogens is 3. The van der Waals surface area contributed by atoms with Gasteiger partial charge in [0.05, 0.1) is 5.56 Å². The van der Waals surface area contributed by atoms with Crippen LogP contribution in [0.5, 0.6) is 0 Å². The van der Waals surface area contributed by atoms with Gasteiger partial charge in [-0.2, -0.15) is 13.2 Å². The molecule has 0 aromatic heterocycles. The van der Waals surface area contributed by atoms with Crippen LogP contribution in [0.25, 0.3) is 11.1 Å². The zero-order chi connectivity index (χ0) is 19.8. The molecule has 0 amide bonds. The van der Waals surface area contributed by atoms with Crippen molar-refractivity contribution in [2.75, 3.05) is 13.1 Å². The predicted molar refractivity (Wildman–Crippen MR) is 107 cm³/mol. The SMILES string of the molecule is CC1(c2ccc(-c3ccccc3C(F)(F)F)cc2)CCN(C2CCCC2)CC1. The molecule has 1 nitrogen and oxygen atoms in total. The Labute approximate surface area is 165 Å². The standard InChI is InChI=1S/C24H28F3N/c1-23(14-16-28(17-15-23)20-6-2-3-7-20)19-12-10-18(11-13-19)21-8-4-5-9-22(21)24(25,26)27/h4-5,8-13,20H,2-3,6-7,14-17H2,1H3. The molecule has 1 aliphatic heterocycles. The van der Waals surface area contributed by atoms with Crippen LogP contribution in [0, 0.1) is 0 Å². The van der Waals surface area contributed by atoms with Crippen molar-refractivity contribution in [2.45, 2.75) is 63.1 Å². The predicted octanol–water partition coefficient (Wildman–Crippen LogP) is 6.67. The molecule has 0 unspecified atom stereocenters. The van der Waals surface area contributed by atoms with Gasteiger partial charge in [-0.3, -0.25) is 0 Å². The molecule has 0 radical (unpaired) electrons. The van der Waals surface area contributed by atoms with Gasteiger partial charge < -0.3 is 4.90 Å². The molecular weight excluding hydrogens is 359 g/mol. The van der Waals surface area contributed by atoms with Crippen LogP contribution in [-0.2, 0) is 11.6 Å². The van der Waals surface area contributed by atoms with E-state index in [2.05, 4.69) is 11.8 Å². The Morgan fingerprint density at radius 2 is 1.50 bits per heavy atom. The van der Waals surface area contributed by atoms with Gasteiger partial charge in [-0.15, -0.1) is 0 Å². The van der Waals surface area contributed by atoms with E-state index < -0.39 is 11.7 Å². The second-order valence-electron chi connectivity index (χ2n) is 8.66. The number of alkyl halides is 3. The maximum atomic E-state index is 13.3. The van der Waals surface area contributed by atoms with Crippen LogP contribution < -0.4 is 0 Å². The lowest BCUT2D eigenvalue weighted by Gasteiger charge is -2.42. The van der Waals surface area contributed by atoms with Crippen LogP contribution in [0.4, 0.5) is 13.2 Å². The highest BCUT2D eigenvalue weighted by Gasteiger charge is 2.35. The second-order valence-corrected chi connectivity index (χ2v) is 8.66. The summed E-state index contributed by atoms with van der Waals surface area (Å²) < 4.78 is 40.0. The molecule has 4 rings (SSSR count). The number of nitrogens with zero attached hydrogens (tertiary/aromatic N) is 1. The van der Waals surface area contributed by atoms with Gasteiger partial charge in [0.1, 0.15) is 0 Å². The monoisotopic (exact) mass is 387 g/mol. The van der Waals surface area contributed by atoms with Crippen LogP contribution in [0.3, 0.4) is 0 Å². The van der Waals surface area contributed by atoms with Gasteiger partial charge >= 0.3 is 6.18 Å². The topological polar surface area (TPSA) is 3.24 Å². The number of piperidine rings is 1. The zero-order valence-electron chi connectivity index (χ0n) is 16.4. The lowest BCUT2D eigenvalue weighted by molar-refractivity contribution is -0.137. The van der Waals surface area contributed by atoms with Gasteiger partial charge in [0, 0.05) is 6.04 Å². The van der Waals surface area contributed by atoms with Gasteiger partial charge in [0.25, 0.3) is 0 Å². The number of hydrogen-bond acceptors (Lipinski definition) is 1. The minimum absolute atomic E-state index is 0.108. The Hall–Kier alpha value is -1.81. The Balaban J connectivity index is 1.51. The fourth-order valence-corrected chi connectivity index (χ4v) is 4.97. The normalized spacial score (nSPS) is 21.1. The average molecular weight is 387 g/mol. The van der Waals surface area contributed by atoms with E-state index in [1.54, 1.807) is 12.1 Å². The first-order valence-electron chi connectivity index (χ1n) is 10.4. The first-order chi connectivity index (χ1) is 13.4. The minimum Gasteiger partial charge on any atom is -0.300 e. The summed E-state index contributed by atoms with van der Waals surface area (Å²) in [4.78, 5) is 2.66. The lowest BCUT2D eigenvalue weighted by atomic mass is 9.74. The number of hydrogen-bond donors (Lipinski definition) is 0. The molecule has 0 N–H and O–H groups in total. The Morgan fingerprint density at radius 1 is 0.893 bits per heavy atom. The van der Waals surface area contributed by atoms with E-state index in [-0.39, 0.29) is 11.0 Å². The lowest BCUT2D eigenvalue weighted by Crippen LogP contribution is -2.45. The molecule has 1 heterocycles. The molecule has 1 saturated heterocycles. The van der Waals surface area contributed by atoms with Crippen molar-refractivity contribution in [3.8, 4) is 11.1 Å². The van der Waals surface area contributed by atoms with Crippen LogP contribution in [-0.4, -0.2) is 24.0 Å². The van der Waals surface area contributed by atoms with E-state index in [1.165, 1.54) is 37.3 Å². The van der Waals surface area contributed by atoms with E-state index in [0.717, 1.165) is 38.0 Å². The van der Waals surface area contributed by atoms with E-state index in [0.29, 0.717) is 5.56 Å². The molecule has 0 atom stereocenters. The molecule has 1 aliphatic carbocycles. The summed E-state index contributed by atoms with van der Waals surface area (Å²) in [5, 5.41) is 0. The molecule has 150 valence electrons. The summed E-state index contributed by atoms with van der Waals surface area (Å²) in [7, 11) is 0. The van der Waals surface area contributed by atoms with E-state index >= 15 is 0 Å². The molecule has 2 aliphatic rings. The quantitative estimate of drug-likeness (QED) is 0.568. The summed E-state index contributed by atoms with van der Waals surface area (Å²) in [5.41, 5.74) is 1.66. The summed E-state index contributed by atoms with van der Waals surface area (Å²) in [6, 6.07) is 14.4. The van der Waals surface area contributed by atoms with Crippen molar-refractivity contribution < 1.29 is 13.2 Å². The maximum absolute atomic E-state index is 13.3. The molecule has 2 fully saturated rings. The largest absolute Gasteiger partial charge is 0.417 e. The van der Waals surface area contributed by atoms with Crippen molar-refractivity contribution >= 4 is 0 Å². The first kappa shape index (κ1) is 19.5. The molecule has 1 saturated carbocycles. The third-order valence-electron chi connectivity index (χ3n) is 6.87. The summed E-state index contributed by atoms with van der Waals surface area (Å²) in [6.45, 7) is 4.55. The molecule has 0 bridgehead atoms. The Bertz CT molecular complexity index is 795. The highest BCUT2D eigenvalue weighted by atomic mass is 19.4. The highest BCUT2D eigenvalue weighted by molar-refractivity contribution is 5.68. The number of rotatable bonds is 3. The molecule has 0 spiro atoms. The van der Waals surface area contributed by atoms with E-state index in [9.17, 15) is 13.2 Å². The fourth-order valence-electron chi connectivity index (χ4n) is 4.97. The Morgan fingerprint density at radius 3 is 2.11 bits per heavy atom. The Kier molecular flexibility index (Phi) is 5.26. The first-order valence-corrected chi connectivity index (χ1v) is 10.4. The number of likely N-dealkylation sites (tertiary alicyclic amines) is 1. The van der Waals surface area contributed by atoms with Crippen LogP contribution >= 0.6 is 0 Å². The van der Waals surface area contributed by atoms with Gasteiger partial charge in [0.15, 0.2) is 0 Å². The van der Waals surface area contributed by atoms with Crippen molar-refractivity contribution in [3.63, 3.8) is 0 Å². The molecule has 2 aromatic carbocycles. The molecule has 2 aromatic rings. The summed E-state index contributed by atoms with van der Waals surface area (Å²) >= 11 is 0. The second kappa shape index (κ2) is 7.55. The number of benzene rings is 2. The summed E-state index contributed by atoms with van der Waals surface area (Å²) in [5.74, 6) is 0. The smallest absolute Gasteiger partial charge is 0.300 e. The third-order valence-corrected chi connectivity index (χ3v) is 6.87. The molecule has 28 heavy (non-hydrogen) atoms. The van der Waals surface area contributed by atoms with Gasteiger partial charge in [-0.05, 0) is 66.9 Å². The van der Waals surface area contributed by atoms with E-state index in [4.69, 9.17) is 0 Å². The van der Waals surface area contributed by atoms with Crippen LogP contribution in [0.1, 0.15) is 56.6 Å². The third kappa shape index (κ3) is 3.84. The minimum atomic E-state index is -4.34. The summed E-state index contributed by atoms with van der Waals surface area (Å²) in [6.07, 6.45) is 3.28. The fraction of sp³-hybridized carbons (Fsp3) is 0.500. The highest BCUT2D eigenvalue weighted by Crippen LogP contribution is 2.40. The van der Waals surface area contributed by atoms with Crippen molar-refractivity contribution in [3.05, 3.63) is 59.7 Å². The van der Waals surface area contributed by atoms with Gasteiger partial charge in [-0.25, -0.2) is 0 Å². The van der Waals surface area contributed by atoms with Gasteiger partial charge in [-0.1, -0.05) is 62.2 Å². The molecular formula is C24H28F3N. The maximum Gasteiger partial charge on any atom is 0.417 e. The zero-order valence-corrected chi connectivity index (χ0v) is 16.4. The van der Waals surface area contributed by atoms with Crippen molar-refractivity contribution in [1.29, 1.82) is 0 Å². The van der Waals surface area contributed by atoms with Crippen LogP contribution in [0.15, 0.2) is 48.5 Å². The molecule has 4 heteroatoms. The van der Waals surface area contributed by atoms with E-state index in [1.807, 2.05) is 24.3 Å². The van der Waals surface area contributed by atoms with Crippen LogP contribution in [0.2, 0.25) is 0 Å². The van der Waals surface area contributed by atoms with Crippen molar-refractivity contribution in [2.24, 2.45) is 0 Å².